The standard InChI is InChI=1S/C40H40N10O8S2/c1-40(2,3)58-36(54)24-15-16-26(27(41)17-24)29(44-38(56)49-18-28(51)42-21-49)33(52)43-30-34(53)50-31(25(19-59-35(30)50)20-60-39-45-46-47-48(39)4)37(55)57-32(22-11-7-5-8-12-22)23-13-9-6-10-14-23/h5-17,29-30,32,35,42H,18-20,41H2,1-4H3,(H,43,52)(H,44,56)/t29-,30-,35-/m1/s1. The Hall–Kier alpha value is -6.54. The average molecular weight is 853 g/mol. The monoisotopic (exact) mass is 852 g/mol. The maximum atomic E-state index is 14.5. The van der Waals surface area contributed by atoms with Crippen molar-refractivity contribution in [2.45, 2.75) is 55.1 Å². The Labute approximate surface area is 352 Å². The first-order chi connectivity index (χ1) is 28.7. The van der Waals surface area contributed by atoms with Crippen LogP contribution in [0, 0.1) is 0 Å². The molecular weight excluding hydrogens is 813 g/mol. The minimum Gasteiger partial charge on any atom is -0.456 e. The number of ether oxygens (including phenoxy) is 2. The molecule has 4 heterocycles. The molecule has 0 bridgehead atoms. The van der Waals surface area contributed by atoms with Crippen LogP contribution in [0.1, 0.15) is 60.0 Å². The van der Waals surface area contributed by atoms with E-state index in [0.29, 0.717) is 10.7 Å². The van der Waals surface area contributed by atoms with E-state index in [4.69, 9.17) is 15.2 Å². The SMILES string of the molecule is Cn1nnnc1SCC1=C(C(=O)OC(c2ccccc2)c2ccccc2)N2C(=O)[C@@H](NC(=O)[C@H](NC(=O)N3[C-]=[NH+]C(=O)C3)c3ccc(C(=O)OC(C)(C)C)cc3N)[C@H]2SC1. The molecule has 7 rings (SSSR count). The van der Waals surface area contributed by atoms with Crippen LogP contribution in [0.4, 0.5) is 10.5 Å². The molecule has 20 heteroatoms. The number of urea groups is 1. The van der Waals surface area contributed by atoms with Crippen molar-refractivity contribution in [1.82, 2.24) is 40.6 Å². The molecule has 0 unspecified atom stereocenters. The lowest BCUT2D eigenvalue weighted by molar-refractivity contribution is -0.365. The molecule has 3 aromatic carbocycles. The molecule has 5 N–H and O–H groups in total. The molecule has 60 heavy (non-hydrogen) atoms. The average Bonchev–Trinajstić information content (AvgIpc) is 3.86. The minimum atomic E-state index is -1.51. The molecule has 310 valence electrons. The van der Waals surface area contributed by atoms with Crippen LogP contribution in [0.2, 0.25) is 0 Å². The Bertz CT molecular complexity index is 2360. The lowest BCUT2D eigenvalue weighted by atomic mass is 9.99. The molecule has 5 amide bonds. The van der Waals surface area contributed by atoms with E-state index in [2.05, 4.69) is 37.5 Å². The Morgan fingerprint density at radius 3 is 2.28 bits per heavy atom. The number of hydrogen-bond donors (Lipinski definition) is 4. The van der Waals surface area contributed by atoms with E-state index in [1.165, 1.54) is 51.3 Å². The number of carbonyl (C=O) groups excluding carboxylic acids is 6. The van der Waals surface area contributed by atoms with Gasteiger partial charge in [0.2, 0.25) is 23.3 Å². The van der Waals surface area contributed by atoms with Gasteiger partial charge in [-0.25, -0.2) is 14.3 Å². The fourth-order valence-electron chi connectivity index (χ4n) is 6.52. The van der Waals surface area contributed by atoms with Crippen LogP contribution in [0.15, 0.2) is 95.3 Å². The van der Waals surface area contributed by atoms with E-state index in [0.717, 1.165) is 16.0 Å². The number of aryl methyl sites for hydroxylation is 1. The second-order valence-corrected chi connectivity index (χ2v) is 16.9. The van der Waals surface area contributed by atoms with Gasteiger partial charge in [-0.1, -0.05) is 78.5 Å². The van der Waals surface area contributed by atoms with Gasteiger partial charge in [0.15, 0.2) is 6.10 Å². The Morgan fingerprint density at radius 1 is 1.02 bits per heavy atom. The smallest absolute Gasteiger partial charge is 0.356 e. The predicted octanol–water partition coefficient (Wildman–Crippen LogP) is 1.11. The van der Waals surface area contributed by atoms with Crippen molar-refractivity contribution in [2.24, 2.45) is 7.05 Å². The second kappa shape index (κ2) is 17.4. The van der Waals surface area contributed by atoms with Crippen molar-refractivity contribution in [2.75, 3.05) is 23.8 Å². The van der Waals surface area contributed by atoms with Crippen LogP contribution in [0.5, 0.6) is 0 Å². The van der Waals surface area contributed by atoms with Crippen LogP contribution in [0.3, 0.4) is 0 Å². The summed E-state index contributed by atoms with van der Waals surface area (Å²) in [6, 6.07) is 19.0. The van der Waals surface area contributed by atoms with Crippen molar-refractivity contribution in [3.63, 3.8) is 0 Å². The Balaban J connectivity index is 1.16. The molecule has 0 saturated carbocycles. The number of nitrogens with one attached hydrogen (secondary N) is 3. The maximum absolute atomic E-state index is 14.5. The van der Waals surface area contributed by atoms with Crippen LogP contribution < -0.4 is 21.4 Å². The number of esters is 2. The molecule has 0 radical (unpaired) electrons. The second-order valence-electron chi connectivity index (χ2n) is 14.8. The number of thioether (sulfide) groups is 2. The number of tetrazole rings is 1. The highest BCUT2D eigenvalue weighted by Crippen LogP contribution is 2.43. The summed E-state index contributed by atoms with van der Waals surface area (Å²) >= 11 is 2.61. The third-order valence-electron chi connectivity index (χ3n) is 9.36. The van der Waals surface area contributed by atoms with Gasteiger partial charge in [0.1, 0.15) is 35.3 Å². The zero-order chi connectivity index (χ0) is 42.7. The van der Waals surface area contributed by atoms with E-state index in [9.17, 15) is 28.8 Å². The Morgan fingerprint density at radius 2 is 1.70 bits per heavy atom. The number of fused-ring (bicyclic) bond motifs is 1. The van der Waals surface area contributed by atoms with Crippen LogP contribution >= 0.6 is 23.5 Å². The summed E-state index contributed by atoms with van der Waals surface area (Å²) in [5.41, 5.74) is 7.85. The predicted molar refractivity (Wildman–Crippen MR) is 217 cm³/mol. The molecular formula is C40H40N10O8S2. The molecule has 4 aromatic rings. The summed E-state index contributed by atoms with van der Waals surface area (Å²) in [6.07, 6.45) is 1.61. The van der Waals surface area contributed by atoms with Crippen molar-refractivity contribution in [1.29, 1.82) is 0 Å². The summed E-state index contributed by atoms with van der Waals surface area (Å²) in [5.74, 6) is -2.78. The number of β-lactam (4-membered cyclic amide) rings is 1. The highest BCUT2D eigenvalue weighted by Gasteiger charge is 2.55. The topological polar surface area (TPSA) is 235 Å². The summed E-state index contributed by atoms with van der Waals surface area (Å²) in [5, 5.41) is 16.7. The molecule has 18 nitrogen and oxygen atoms in total. The molecule has 0 aliphatic carbocycles. The number of carbonyl (C=O) groups is 6. The number of hydrogen-bond acceptors (Lipinski definition) is 14. The quantitative estimate of drug-likeness (QED) is 0.0514. The number of nitrogens with two attached hydrogens (primary N) is 1. The first kappa shape index (κ1) is 41.6. The number of anilines is 1. The van der Waals surface area contributed by atoms with E-state index in [1.807, 2.05) is 60.7 Å². The van der Waals surface area contributed by atoms with Gasteiger partial charge in [-0.3, -0.25) is 24.2 Å². The highest BCUT2D eigenvalue weighted by molar-refractivity contribution is 8.01. The normalized spacial score (nSPS) is 17.9. The lowest BCUT2D eigenvalue weighted by Gasteiger charge is -2.50. The van der Waals surface area contributed by atoms with Gasteiger partial charge in [0.05, 0.1) is 5.56 Å². The molecule has 3 aliphatic rings. The molecule has 3 atom stereocenters. The fraction of sp³-hybridized carbons (Fsp3) is 0.300. The zero-order valence-corrected chi connectivity index (χ0v) is 34.4. The lowest BCUT2D eigenvalue weighted by Crippen LogP contribution is -2.71. The summed E-state index contributed by atoms with van der Waals surface area (Å²) < 4.78 is 13.2. The molecule has 0 spiro atoms. The van der Waals surface area contributed by atoms with Gasteiger partial charge in [0.25, 0.3) is 5.91 Å². The van der Waals surface area contributed by atoms with Gasteiger partial charge >= 0.3 is 18.0 Å². The number of aromatic nitrogens is 4. The van der Waals surface area contributed by atoms with E-state index < -0.39 is 64.9 Å². The van der Waals surface area contributed by atoms with Gasteiger partial charge in [-0.05, 0) is 60.0 Å². The maximum Gasteiger partial charge on any atom is 0.356 e. The number of benzene rings is 3. The third kappa shape index (κ3) is 9.03. The van der Waals surface area contributed by atoms with E-state index >= 15 is 0 Å². The minimum absolute atomic E-state index is 0.0319. The number of nitrogens with zero attached hydrogens (tertiary/aromatic N) is 6. The van der Waals surface area contributed by atoms with Crippen molar-refractivity contribution >= 4 is 71.2 Å². The summed E-state index contributed by atoms with van der Waals surface area (Å²) in [4.78, 5) is 85.4. The third-order valence-corrected chi connectivity index (χ3v) is 11.8. The van der Waals surface area contributed by atoms with E-state index in [1.54, 1.807) is 27.8 Å². The van der Waals surface area contributed by atoms with Crippen LogP contribution in [-0.2, 0) is 35.7 Å². The molecule has 1 aromatic heterocycles. The summed E-state index contributed by atoms with van der Waals surface area (Å²) in [6.45, 7) is 4.78. The number of rotatable bonds is 12. The number of nitrogen functional groups attached to an aromatic ring is 1. The first-order valence-corrected chi connectivity index (χ1v) is 20.6. The van der Waals surface area contributed by atoms with E-state index in [-0.39, 0.29) is 40.6 Å². The van der Waals surface area contributed by atoms with Crippen molar-refractivity contribution < 1.29 is 43.2 Å². The molecule has 3 aliphatic heterocycles. The van der Waals surface area contributed by atoms with Crippen LogP contribution in [-0.4, -0.2) is 107 Å². The Kier molecular flexibility index (Phi) is 12.0. The highest BCUT2D eigenvalue weighted by atomic mass is 32.2. The van der Waals surface area contributed by atoms with Crippen LogP contribution in [0.25, 0.3) is 0 Å². The first-order valence-electron chi connectivity index (χ1n) is 18.6. The zero-order valence-electron chi connectivity index (χ0n) is 32.8. The van der Waals surface area contributed by atoms with Crippen molar-refractivity contribution in [3.8, 4) is 0 Å². The largest absolute Gasteiger partial charge is 0.456 e. The van der Waals surface area contributed by atoms with Gasteiger partial charge in [-0.2, -0.15) is 0 Å². The molecule has 1 saturated heterocycles. The summed E-state index contributed by atoms with van der Waals surface area (Å²) in [7, 11) is 1.69. The fourth-order valence-corrected chi connectivity index (χ4v) is 8.86. The van der Waals surface area contributed by atoms with Gasteiger partial charge in [0, 0.05) is 29.8 Å². The molecule has 1 fully saturated rings. The van der Waals surface area contributed by atoms with Gasteiger partial charge < -0.3 is 35.6 Å². The number of amides is 5. The van der Waals surface area contributed by atoms with Crippen molar-refractivity contribution in [3.05, 3.63) is 112 Å². The van der Waals surface area contributed by atoms with Gasteiger partial charge in [-0.15, -0.1) is 16.9 Å².